The molecule has 0 spiro atoms. The van der Waals surface area contributed by atoms with Crippen LogP contribution in [-0.4, -0.2) is 46.8 Å². The molecular formula is C17H23ClN4O. The zero-order valence-corrected chi connectivity index (χ0v) is 14.1. The molecule has 5 nitrogen and oxygen atoms in total. The number of benzene rings is 1. The molecule has 2 aromatic rings. The monoisotopic (exact) mass is 334 g/mol. The van der Waals surface area contributed by atoms with E-state index in [9.17, 15) is 4.79 Å². The van der Waals surface area contributed by atoms with Gasteiger partial charge in [0.25, 0.3) is 0 Å². The van der Waals surface area contributed by atoms with Gasteiger partial charge in [-0.2, -0.15) is 5.10 Å². The predicted molar refractivity (Wildman–Crippen MR) is 93.2 cm³/mol. The third kappa shape index (κ3) is 4.33. The number of nitrogens with zero attached hydrogens (tertiary/aromatic N) is 3. The first-order chi connectivity index (χ1) is 10.7. The minimum absolute atomic E-state index is 0. The maximum Gasteiger partial charge on any atom is 0.222 e. The average Bonchev–Trinajstić information content (AvgIpc) is 3.24. The van der Waals surface area contributed by atoms with Crippen LogP contribution in [0, 0.1) is 0 Å². The maximum atomic E-state index is 12.3. The highest BCUT2D eigenvalue weighted by atomic mass is 35.5. The van der Waals surface area contributed by atoms with Crippen LogP contribution in [0.5, 0.6) is 0 Å². The molecule has 1 N–H and O–H groups in total. The molecule has 23 heavy (non-hydrogen) atoms. The van der Waals surface area contributed by atoms with Crippen molar-refractivity contribution in [3.8, 4) is 5.69 Å². The van der Waals surface area contributed by atoms with Gasteiger partial charge in [0.15, 0.2) is 0 Å². The highest BCUT2D eigenvalue weighted by molar-refractivity contribution is 5.85. The molecule has 1 aliphatic heterocycles. The molecule has 1 saturated heterocycles. The number of hydrogen-bond acceptors (Lipinski definition) is 3. The van der Waals surface area contributed by atoms with Gasteiger partial charge in [-0.15, -0.1) is 12.4 Å². The van der Waals surface area contributed by atoms with Gasteiger partial charge >= 0.3 is 0 Å². The van der Waals surface area contributed by atoms with Gasteiger partial charge in [-0.3, -0.25) is 4.79 Å². The molecule has 1 aliphatic rings. The highest BCUT2D eigenvalue weighted by Gasteiger charge is 2.22. The van der Waals surface area contributed by atoms with E-state index >= 15 is 0 Å². The van der Waals surface area contributed by atoms with Crippen LogP contribution in [0.1, 0.15) is 18.4 Å². The summed E-state index contributed by atoms with van der Waals surface area (Å²) in [5.74, 6) is 0.209. The zero-order valence-electron chi connectivity index (χ0n) is 13.3. The second-order valence-corrected chi connectivity index (χ2v) is 5.78. The fourth-order valence-corrected chi connectivity index (χ4v) is 2.81. The molecule has 6 heteroatoms. The number of aromatic nitrogens is 2. The summed E-state index contributed by atoms with van der Waals surface area (Å²) < 4.78 is 1.85. The van der Waals surface area contributed by atoms with E-state index in [1.165, 1.54) is 0 Å². The summed E-state index contributed by atoms with van der Waals surface area (Å²) in [4.78, 5) is 14.1. The first kappa shape index (κ1) is 17.5. The Hall–Kier alpha value is -1.85. The fraction of sp³-hybridized carbons (Fsp3) is 0.412. The van der Waals surface area contributed by atoms with Crippen LogP contribution in [0.25, 0.3) is 5.69 Å². The molecule has 124 valence electrons. The number of nitrogens with one attached hydrogen (secondary N) is 1. The van der Waals surface area contributed by atoms with Crippen molar-refractivity contribution in [1.29, 1.82) is 0 Å². The van der Waals surface area contributed by atoms with Gasteiger partial charge in [-0.1, -0.05) is 18.2 Å². The van der Waals surface area contributed by atoms with E-state index in [2.05, 4.69) is 10.4 Å². The van der Waals surface area contributed by atoms with Crippen molar-refractivity contribution >= 4 is 18.3 Å². The van der Waals surface area contributed by atoms with E-state index < -0.39 is 0 Å². The van der Waals surface area contributed by atoms with Crippen LogP contribution >= 0.6 is 12.4 Å². The van der Waals surface area contributed by atoms with Crippen molar-refractivity contribution in [2.75, 3.05) is 20.1 Å². The summed E-state index contributed by atoms with van der Waals surface area (Å²) in [5.41, 5.74) is 2.13. The van der Waals surface area contributed by atoms with Gasteiger partial charge in [-0.05, 0) is 37.1 Å². The molecule has 1 unspecified atom stereocenters. The van der Waals surface area contributed by atoms with Crippen LogP contribution < -0.4 is 5.32 Å². The Morgan fingerprint density at radius 3 is 2.87 bits per heavy atom. The average molecular weight is 335 g/mol. The Morgan fingerprint density at radius 2 is 2.17 bits per heavy atom. The van der Waals surface area contributed by atoms with Crippen molar-refractivity contribution in [1.82, 2.24) is 20.0 Å². The summed E-state index contributed by atoms with van der Waals surface area (Å²) in [6, 6.07) is 10.3. The number of para-hydroxylation sites is 1. The minimum atomic E-state index is 0. The minimum Gasteiger partial charge on any atom is -0.341 e. The lowest BCUT2D eigenvalue weighted by Gasteiger charge is -2.23. The van der Waals surface area contributed by atoms with E-state index in [4.69, 9.17) is 0 Å². The second-order valence-electron chi connectivity index (χ2n) is 5.78. The zero-order chi connectivity index (χ0) is 15.4. The molecule has 0 bridgehead atoms. The van der Waals surface area contributed by atoms with Gasteiger partial charge in [0.05, 0.1) is 11.9 Å². The summed E-state index contributed by atoms with van der Waals surface area (Å²) in [6.45, 7) is 1.92. The van der Waals surface area contributed by atoms with Crippen molar-refractivity contribution < 1.29 is 4.79 Å². The van der Waals surface area contributed by atoms with Gasteiger partial charge in [0, 0.05) is 32.3 Å². The highest BCUT2D eigenvalue weighted by Crippen LogP contribution is 2.12. The summed E-state index contributed by atoms with van der Waals surface area (Å²) in [6.07, 6.45) is 6.16. The molecule has 1 atom stereocenters. The number of amides is 1. The number of halogens is 1. The van der Waals surface area contributed by atoms with Crippen LogP contribution in [0.2, 0.25) is 0 Å². The topological polar surface area (TPSA) is 50.2 Å². The Bertz CT molecular complexity index is 623. The molecular weight excluding hydrogens is 312 g/mol. The lowest BCUT2D eigenvalue weighted by atomic mass is 10.1. The Kier molecular flexibility index (Phi) is 6.19. The number of rotatable bonds is 5. The van der Waals surface area contributed by atoms with Crippen molar-refractivity contribution in [3.05, 3.63) is 48.3 Å². The normalized spacial score (nSPS) is 16.8. The molecule has 2 heterocycles. The molecule has 0 saturated carbocycles. The standard InChI is InChI=1S/C17H22N4O.ClH/c1-20(16-9-10-18-12-16)17(22)8-7-14-11-19-21(13-14)15-5-3-2-4-6-15;/h2-6,11,13,16,18H,7-10,12H2,1H3;1H. The van der Waals surface area contributed by atoms with E-state index in [-0.39, 0.29) is 18.3 Å². The first-order valence-electron chi connectivity index (χ1n) is 7.79. The van der Waals surface area contributed by atoms with Gasteiger partial charge in [0.1, 0.15) is 0 Å². The Morgan fingerprint density at radius 1 is 1.39 bits per heavy atom. The van der Waals surface area contributed by atoms with Crippen molar-refractivity contribution in [2.45, 2.75) is 25.3 Å². The molecule has 1 aromatic heterocycles. The lowest BCUT2D eigenvalue weighted by Crippen LogP contribution is -2.38. The third-order valence-corrected chi connectivity index (χ3v) is 4.26. The van der Waals surface area contributed by atoms with Crippen LogP contribution in [0.3, 0.4) is 0 Å². The molecule has 1 aromatic carbocycles. The first-order valence-corrected chi connectivity index (χ1v) is 7.79. The van der Waals surface area contributed by atoms with E-state index in [1.54, 1.807) is 0 Å². The third-order valence-electron chi connectivity index (χ3n) is 4.26. The van der Waals surface area contributed by atoms with E-state index in [1.807, 2.05) is 59.4 Å². The molecule has 1 amide bonds. The number of hydrogen-bond donors (Lipinski definition) is 1. The van der Waals surface area contributed by atoms with Gasteiger partial charge < -0.3 is 10.2 Å². The van der Waals surface area contributed by atoms with Crippen molar-refractivity contribution in [3.63, 3.8) is 0 Å². The quantitative estimate of drug-likeness (QED) is 0.910. The summed E-state index contributed by atoms with van der Waals surface area (Å²) in [7, 11) is 1.91. The van der Waals surface area contributed by atoms with Crippen LogP contribution in [-0.2, 0) is 11.2 Å². The van der Waals surface area contributed by atoms with Gasteiger partial charge in [0.2, 0.25) is 5.91 Å². The van der Waals surface area contributed by atoms with E-state index in [0.717, 1.165) is 37.2 Å². The molecule has 0 aliphatic carbocycles. The number of carbonyl (C=O) groups excluding carboxylic acids is 1. The maximum absolute atomic E-state index is 12.3. The van der Waals surface area contributed by atoms with E-state index in [0.29, 0.717) is 12.5 Å². The fourth-order valence-electron chi connectivity index (χ4n) is 2.81. The molecule has 1 fully saturated rings. The Labute approximate surface area is 143 Å². The SMILES string of the molecule is CN(C(=O)CCc1cnn(-c2ccccc2)c1)C1CCNC1.Cl. The number of likely N-dealkylation sites (N-methyl/N-ethyl adjacent to an activating group) is 1. The largest absolute Gasteiger partial charge is 0.341 e. The van der Waals surface area contributed by atoms with Gasteiger partial charge in [-0.25, -0.2) is 4.68 Å². The number of carbonyl (C=O) groups is 1. The predicted octanol–water partition coefficient (Wildman–Crippen LogP) is 2.05. The molecule has 3 rings (SSSR count). The lowest BCUT2D eigenvalue weighted by molar-refractivity contribution is -0.131. The van der Waals surface area contributed by atoms with Crippen molar-refractivity contribution in [2.24, 2.45) is 0 Å². The Balaban J connectivity index is 0.00000192. The second kappa shape index (κ2) is 8.13. The summed E-state index contributed by atoms with van der Waals surface area (Å²) in [5, 5.41) is 7.66. The smallest absolute Gasteiger partial charge is 0.222 e. The molecule has 0 radical (unpaired) electrons. The number of aryl methyl sites for hydroxylation is 1. The summed E-state index contributed by atoms with van der Waals surface area (Å²) >= 11 is 0. The van der Waals surface area contributed by atoms with Crippen LogP contribution in [0.15, 0.2) is 42.7 Å². The van der Waals surface area contributed by atoms with Crippen LogP contribution in [0.4, 0.5) is 0 Å².